The molecular weight excluding hydrogens is 406 g/mol. The number of anilines is 1. The number of nitrogen functional groups attached to an aromatic ring is 1. The predicted octanol–water partition coefficient (Wildman–Crippen LogP) is 5.12. The number of para-hydroxylation sites is 2. The van der Waals surface area contributed by atoms with E-state index in [2.05, 4.69) is 9.97 Å². The Bertz CT molecular complexity index is 1230. The first-order valence-corrected chi connectivity index (χ1v) is 9.98. The summed E-state index contributed by atoms with van der Waals surface area (Å²) < 4.78 is 17.2. The van der Waals surface area contributed by atoms with Crippen molar-refractivity contribution < 1.29 is 19.3 Å². The Morgan fingerprint density at radius 2 is 1.69 bits per heavy atom. The molecule has 0 fully saturated rings. The van der Waals surface area contributed by atoms with Crippen molar-refractivity contribution in [1.29, 1.82) is 0 Å². The molecular formula is C25H23N3O4. The fourth-order valence-electron chi connectivity index (χ4n) is 3.13. The number of nitrogens with two attached hydrogens (primary N) is 1. The number of aromatic hydroxyl groups is 1. The van der Waals surface area contributed by atoms with Gasteiger partial charge in [-0.25, -0.2) is 9.97 Å². The molecule has 7 nitrogen and oxygen atoms in total. The number of methoxy groups -OCH3 is 1. The van der Waals surface area contributed by atoms with Crippen LogP contribution in [0.5, 0.6) is 28.7 Å². The maximum absolute atomic E-state index is 10.7. The van der Waals surface area contributed by atoms with Gasteiger partial charge in [0.15, 0.2) is 17.2 Å². The molecule has 1 aromatic heterocycles. The van der Waals surface area contributed by atoms with E-state index in [1.54, 1.807) is 31.4 Å². The predicted molar refractivity (Wildman–Crippen MR) is 122 cm³/mol. The number of benzene rings is 3. The second-order valence-corrected chi connectivity index (χ2v) is 7.15. The standard InChI is InChI=1S/C25H23N3O4/c1-16-7-9-17(10-8-16)15-31-18-11-12-19(20(29)13-18)24-23(14-27-25(26)28-24)32-22-6-4-3-5-21(22)30-2/h3-14,29H,15H2,1-2H3,(H2,26,27,28). The summed E-state index contributed by atoms with van der Waals surface area (Å²) in [5.41, 5.74) is 8.82. The second kappa shape index (κ2) is 9.26. The Hall–Kier alpha value is -4.26. The summed E-state index contributed by atoms with van der Waals surface area (Å²) in [6.07, 6.45) is 1.46. The SMILES string of the molecule is COc1ccccc1Oc1cnc(N)nc1-c1ccc(OCc2ccc(C)cc2)cc1O. The van der Waals surface area contributed by atoms with Crippen molar-refractivity contribution in [3.8, 4) is 40.0 Å². The van der Waals surface area contributed by atoms with E-state index < -0.39 is 0 Å². The number of phenolic OH excluding ortho intramolecular Hbond substituents is 1. The lowest BCUT2D eigenvalue weighted by molar-refractivity contribution is 0.304. The van der Waals surface area contributed by atoms with Gasteiger partial charge in [-0.2, -0.15) is 0 Å². The van der Waals surface area contributed by atoms with E-state index in [-0.39, 0.29) is 11.7 Å². The average Bonchev–Trinajstić information content (AvgIpc) is 2.80. The molecule has 0 spiro atoms. The zero-order chi connectivity index (χ0) is 22.5. The molecule has 4 aromatic rings. The fraction of sp³-hybridized carbons (Fsp3) is 0.120. The molecule has 4 rings (SSSR count). The van der Waals surface area contributed by atoms with E-state index >= 15 is 0 Å². The van der Waals surface area contributed by atoms with E-state index in [1.165, 1.54) is 17.8 Å². The van der Waals surface area contributed by atoms with Crippen molar-refractivity contribution in [2.24, 2.45) is 0 Å². The van der Waals surface area contributed by atoms with Gasteiger partial charge in [-0.3, -0.25) is 0 Å². The van der Waals surface area contributed by atoms with Gasteiger partial charge in [0.25, 0.3) is 0 Å². The summed E-state index contributed by atoms with van der Waals surface area (Å²) in [6.45, 7) is 2.43. The quantitative estimate of drug-likeness (QED) is 0.421. The van der Waals surface area contributed by atoms with Crippen LogP contribution in [0.15, 0.2) is 72.9 Å². The number of aromatic nitrogens is 2. The van der Waals surface area contributed by atoms with Crippen LogP contribution in [0.2, 0.25) is 0 Å². The zero-order valence-electron chi connectivity index (χ0n) is 17.8. The molecule has 0 unspecified atom stereocenters. The highest BCUT2D eigenvalue weighted by atomic mass is 16.5. The highest BCUT2D eigenvalue weighted by Gasteiger charge is 2.17. The van der Waals surface area contributed by atoms with Crippen LogP contribution >= 0.6 is 0 Å². The molecule has 0 aliphatic heterocycles. The molecule has 0 radical (unpaired) electrons. The van der Waals surface area contributed by atoms with Crippen LogP contribution in [-0.4, -0.2) is 22.2 Å². The van der Waals surface area contributed by atoms with E-state index in [0.717, 1.165) is 5.56 Å². The number of aryl methyl sites for hydroxylation is 1. The molecule has 0 amide bonds. The highest BCUT2D eigenvalue weighted by Crippen LogP contribution is 2.40. The summed E-state index contributed by atoms with van der Waals surface area (Å²) in [5.74, 6) is 1.94. The van der Waals surface area contributed by atoms with Gasteiger partial charge in [-0.05, 0) is 36.8 Å². The van der Waals surface area contributed by atoms with Crippen LogP contribution in [0.1, 0.15) is 11.1 Å². The second-order valence-electron chi connectivity index (χ2n) is 7.15. The number of nitrogens with zero attached hydrogens (tertiary/aromatic N) is 2. The number of rotatable bonds is 7. The minimum atomic E-state index is -0.0191. The molecule has 3 N–H and O–H groups in total. The Morgan fingerprint density at radius 3 is 2.41 bits per heavy atom. The maximum atomic E-state index is 10.7. The van der Waals surface area contributed by atoms with Gasteiger partial charge in [0.05, 0.1) is 13.3 Å². The number of hydrogen-bond donors (Lipinski definition) is 2. The molecule has 1 heterocycles. The molecule has 0 saturated carbocycles. The number of phenols is 1. The van der Waals surface area contributed by atoms with Gasteiger partial charge in [-0.1, -0.05) is 42.0 Å². The third kappa shape index (κ3) is 4.73. The molecule has 0 aliphatic rings. The normalized spacial score (nSPS) is 10.6. The molecule has 7 heteroatoms. The fourth-order valence-corrected chi connectivity index (χ4v) is 3.13. The van der Waals surface area contributed by atoms with Gasteiger partial charge < -0.3 is 25.1 Å². The maximum Gasteiger partial charge on any atom is 0.220 e. The lowest BCUT2D eigenvalue weighted by Gasteiger charge is -2.14. The summed E-state index contributed by atoms with van der Waals surface area (Å²) in [6, 6.07) is 20.3. The Kier molecular flexibility index (Phi) is 6.07. The minimum Gasteiger partial charge on any atom is -0.507 e. The lowest BCUT2D eigenvalue weighted by atomic mass is 10.1. The molecule has 32 heavy (non-hydrogen) atoms. The first-order chi connectivity index (χ1) is 15.5. The highest BCUT2D eigenvalue weighted by molar-refractivity contribution is 5.74. The van der Waals surface area contributed by atoms with Crippen LogP contribution in [0, 0.1) is 6.92 Å². The van der Waals surface area contributed by atoms with Crippen molar-refractivity contribution in [2.45, 2.75) is 13.5 Å². The lowest BCUT2D eigenvalue weighted by Crippen LogP contribution is -2.00. The molecule has 0 saturated heterocycles. The summed E-state index contributed by atoms with van der Waals surface area (Å²) in [7, 11) is 1.56. The third-order valence-electron chi connectivity index (χ3n) is 4.81. The molecule has 0 atom stereocenters. The molecule has 0 aliphatic carbocycles. The van der Waals surface area contributed by atoms with Crippen molar-refractivity contribution in [3.63, 3.8) is 0 Å². The first kappa shape index (κ1) is 21.0. The van der Waals surface area contributed by atoms with E-state index in [0.29, 0.717) is 40.9 Å². The smallest absolute Gasteiger partial charge is 0.220 e. The van der Waals surface area contributed by atoms with Gasteiger partial charge in [0.1, 0.15) is 23.8 Å². The monoisotopic (exact) mass is 429 g/mol. The van der Waals surface area contributed by atoms with Gasteiger partial charge >= 0.3 is 0 Å². The number of ether oxygens (including phenoxy) is 3. The summed E-state index contributed by atoms with van der Waals surface area (Å²) >= 11 is 0. The Morgan fingerprint density at radius 1 is 0.938 bits per heavy atom. The van der Waals surface area contributed by atoms with E-state index in [1.807, 2.05) is 43.3 Å². The third-order valence-corrected chi connectivity index (χ3v) is 4.81. The minimum absolute atomic E-state index is 0.0191. The zero-order valence-corrected chi connectivity index (χ0v) is 17.8. The van der Waals surface area contributed by atoms with Crippen LogP contribution in [-0.2, 0) is 6.61 Å². The summed E-state index contributed by atoms with van der Waals surface area (Å²) in [4.78, 5) is 8.32. The van der Waals surface area contributed by atoms with Crippen molar-refractivity contribution >= 4 is 5.95 Å². The van der Waals surface area contributed by atoms with Gasteiger partial charge in [-0.15, -0.1) is 0 Å². The van der Waals surface area contributed by atoms with Crippen molar-refractivity contribution in [2.75, 3.05) is 12.8 Å². The topological polar surface area (TPSA) is 99.7 Å². The average molecular weight is 429 g/mol. The van der Waals surface area contributed by atoms with E-state index in [9.17, 15) is 5.11 Å². The van der Waals surface area contributed by atoms with Crippen LogP contribution < -0.4 is 19.9 Å². The summed E-state index contributed by atoms with van der Waals surface area (Å²) in [5, 5.41) is 10.7. The van der Waals surface area contributed by atoms with E-state index in [4.69, 9.17) is 19.9 Å². The number of hydrogen-bond acceptors (Lipinski definition) is 7. The van der Waals surface area contributed by atoms with Crippen LogP contribution in [0.3, 0.4) is 0 Å². The van der Waals surface area contributed by atoms with Crippen molar-refractivity contribution in [3.05, 3.63) is 84.1 Å². The Labute approximate surface area is 186 Å². The van der Waals surface area contributed by atoms with Gasteiger partial charge in [0.2, 0.25) is 5.95 Å². The molecule has 162 valence electrons. The largest absolute Gasteiger partial charge is 0.507 e. The molecule has 3 aromatic carbocycles. The Balaban J connectivity index is 1.60. The van der Waals surface area contributed by atoms with Crippen molar-refractivity contribution in [1.82, 2.24) is 9.97 Å². The van der Waals surface area contributed by atoms with Crippen LogP contribution in [0.4, 0.5) is 5.95 Å². The van der Waals surface area contributed by atoms with Gasteiger partial charge in [0, 0.05) is 11.6 Å². The van der Waals surface area contributed by atoms with Crippen LogP contribution in [0.25, 0.3) is 11.3 Å². The first-order valence-electron chi connectivity index (χ1n) is 9.98. The molecule has 0 bridgehead atoms.